The average molecular weight is 343 g/mol. The van der Waals surface area contributed by atoms with E-state index in [1.54, 1.807) is 0 Å². The van der Waals surface area contributed by atoms with Crippen LogP contribution in [0.2, 0.25) is 10.0 Å². The molecule has 8 heteroatoms. The van der Waals surface area contributed by atoms with E-state index >= 15 is 0 Å². The first-order valence-electron chi connectivity index (χ1n) is 3.66. The Bertz CT molecular complexity index is 425. The molecular formula is C8H2Cl6O2. The minimum atomic E-state index is -2.00. The Balaban J connectivity index is 3.24. The van der Waals surface area contributed by atoms with Gasteiger partial charge in [0.05, 0.1) is 15.6 Å². The molecule has 0 aliphatic carbocycles. The summed E-state index contributed by atoms with van der Waals surface area (Å²) in [6.45, 7) is 0. The van der Waals surface area contributed by atoms with Crippen molar-refractivity contribution in [3.05, 3.63) is 27.7 Å². The van der Waals surface area contributed by atoms with Crippen LogP contribution in [0.5, 0.6) is 5.75 Å². The predicted octanol–water partition coefficient (Wildman–Crippen LogP) is 5.08. The van der Waals surface area contributed by atoms with E-state index < -0.39 is 9.22 Å². The largest absolute Gasteiger partial charge is 0.444 e. The highest BCUT2D eigenvalue weighted by Crippen LogP contribution is 2.39. The van der Waals surface area contributed by atoms with Crippen LogP contribution < -0.4 is 4.74 Å². The van der Waals surface area contributed by atoms with E-state index in [4.69, 9.17) is 74.3 Å². The number of rotatable bonds is 2. The zero-order valence-corrected chi connectivity index (χ0v) is 11.8. The van der Waals surface area contributed by atoms with Gasteiger partial charge in [-0.15, -0.1) is 0 Å². The molecular weight excluding hydrogens is 341 g/mol. The van der Waals surface area contributed by atoms with Gasteiger partial charge in [0.1, 0.15) is 5.75 Å². The summed E-state index contributed by atoms with van der Waals surface area (Å²) < 4.78 is 2.88. The Morgan fingerprint density at radius 2 is 1.75 bits per heavy atom. The lowest BCUT2D eigenvalue weighted by molar-refractivity contribution is 0.108. The number of carbonyl (C=O) groups excluding carboxylic acids is 1. The molecule has 0 aliphatic rings. The van der Waals surface area contributed by atoms with Gasteiger partial charge in [-0.3, -0.25) is 4.79 Å². The molecule has 0 saturated heterocycles. The minimum Gasteiger partial charge on any atom is -0.444 e. The van der Waals surface area contributed by atoms with E-state index in [1.807, 2.05) is 0 Å². The van der Waals surface area contributed by atoms with Gasteiger partial charge in [0, 0.05) is 0 Å². The minimum absolute atomic E-state index is 0.00457. The first kappa shape index (κ1) is 14.5. The van der Waals surface area contributed by atoms with Gasteiger partial charge < -0.3 is 4.74 Å². The topological polar surface area (TPSA) is 26.3 Å². The lowest BCUT2D eigenvalue weighted by Gasteiger charge is -2.16. The predicted molar refractivity (Wildman–Crippen MR) is 67.6 cm³/mol. The van der Waals surface area contributed by atoms with Crippen molar-refractivity contribution in [1.82, 2.24) is 0 Å². The van der Waals surface area contributed by atoms with Crippen molar-refractivity contribution in [3.63, 3.8) is 0 Å². The Hall–Kier alpha value is 0.430. The molecule has 0 bridgehead atoms. The van der Waals surface area contributed by atoms with E-state index in [0.717, 1.165) is 0 Å². The molecule has 0 spiro atoms. The molecule has 0 amide bonds. The monoisotopic (exact) mass is 340 g/mol. The lowest BCUT2D eigenvalue weighted by Crippen LogP contribution is -2.13. The Morgan fingerprint density at radius 3 is 2.19 bits per heavy atom. The molecule has 1 rings (SSSR count). The van der Waals surface area contributed by atoms with E-state index in [2.05, 4.69) is 0 Å². The van der Waals surface area contributed by atoms with Crippen molar-refractivity contribution in [2.75, 3.05) is 0 Å². The van der Waals surface area contributed by atoms with Crippen LogP contribution in [-0.2, 0) is 0 Å². The summed E-state index contributed by atoms with van der Waals surface area (Å²) in [4.78, 5) is 11.0. The van der Waals surface area contributed by atoms with E-state index in [-0.39, 0.29) is 21.4 Å². The molecule has 1 aromatic carbocycles. The van der Waals surface area contributed by atoms with Crippen molar-refractivity contribution in [3.8, 4) is 5.75 Å². The van der Waals surface area contributed by atoms with Crippen molar-refractivity contribution in [1.29, 1.82) is 0 Å². The Labute approximate surface area is 121 Å². The van der Waals surface area contributed by atoms with Crippen molar-refractivity contribution in [2.24, 2.45) is 0 Å². The number of carbonyl (C=O) groups is 1. The van der Waals surface area contributed by atoms with Gasteiger partial charge in [0.2, 0.25) is 0 Å². The molecule has 0 saturated carbocycles. The van der Waals surface area contributed by atoms with Gasteiger partial charge >= 0.3 is 3.98 Å². The molecule has 0 N–H and O–H groups in total. The number of alkyl halides is 3. The molecule has 1 aromatic rings. The van der Waals surface area contributed by atoms with Crippen molar-refractivity contribution >= 4 is 74.8 Å². The molecule has 2 nitrogen and oxygen atoms in total. The normalized spacial score (nSPS) is 11.4. The van der Waals surface area contributed by atoms with Crippen LogP contribution in [-0.4, -0.2) is 9.22 Å². The van der Waals surface area contributed by atoms with E-state index in [9.17, 15) is 4.79 Å². The summed E-state index contributed by atoms with van der Waals surface area (Å²) in [6.07, 6.45) is 0. The molecule has 0 heterocycles. The third-order valence-corrected chi connectivity index (χ3v) is 2.59. The highest BCUT2D eigenvalue weighted by Gasteiger charge is 2.25. The number of benzene rings is 1. The van der Waals surface area contributed by atoms with Crippen molar-refractivity contribution in [2.45, 2.75) is 3.98 Å². The second-order valence-corrected chi connectivity index (χ2v) is 5.86. The van der Waals surface area contributed by atoms with Crippen LogP contribution in [0.25, 0.3) is 0 Å². The summed E-state index contributed by atoms with van der Waals surface area (Å²) in [5.74, 6) is -0.00457. The van der Waals surface area contributed by atoms with Crippen LogP contribution in [0.1, 0.15) is 10.4 Å². The van der Waals surface area contributed by atoms with Gasteiger partial charge in [-0.05, 0) is 58.5 Å². The smallest absolute Gasteiger partial charge is 0.338 e. The van der Waals surface area contributed by atoms with E-state index in [1.165, 1.54) is 12.1 Å². The summed E-state index contributed by atoms with van der Waals surface area (Å²) in [5, 5.41) is -0.856. The fourth-order valence-electron chi connectivity index (χ4n) is 0.917. The molecule has 0 atom stereocenters. The second kappa shape index (κ2) is 5.38. The molecule has 88 valence electrons. The first-order valence-corrected chi connectivity index (χ1v) is 5.92. The van der Waals surface area contributed by atoms with Gasteiger partial charge in [0.15, 0.2) is 0 Å². The van der Waals surface area contributed by atoms with Crippen LogP contribution in [0.3, 0.4) is 0 Å². The average Bonchev–Trinajstić information content (AvgIpc) is 2.07. The molecule has 0 unspecified atom stereocenters. The van der Waals surface area contributed by atoms with Crippen molar-refractivity contribution < 1.29 is 9.53 Å². The molecule has 0 aliphatic heterocycles. The number of ether oxygens (including phenoxy) is 1. The standard InChI is InChI=1S/C8H2Cl6O2/c9-3-1-2-4(16-8(12,13)14)6(10)5(3)7(11)15/h1-2H. The third kappa shape index (κ3) is 3.73. The molecule has 0 aromatic heterocycles. The van der Waals surface area contributed by atoms with Crippen LogP contribution in [0, 0.1) is 0 Å². The second-order valence-electron chi connectivity index (χ2n) is 2.56. The summed E-state index contributed by atoms with van der Waals surface area (Å²) >= 11 is 33.1. The third-order valence-electron chi connectivity index (χ3n) is 1.48. The lowest BCUT2D eigenvalue weighted by atomic mass is 10.2. The first-order chi connectivity index (χ1) is 7.22. The maximum Gasteiger partial charge on any atom is 0.338 e. The fraction of sp³-hybridized carbons (Fsp3) is 0.125. The van der Waals surface area contributed by atoms with E-state index in [0.29, 0.717) is 0 Å². The Morgan fingerprint density at radius 1 is 1.19 bits per heavy atom. The SMILES string of the molecule is O=C(Cl)c1c(Cl)ccc(OC(Cl)(Cl)Cl)c1Cl. The number of hydrogen-bond acceptors (Lipinski definition) is 2. The quantitative estimate of drug-likeness (QED) is 0.553. The maximum atomic E-state index is 11.0. The molecule has 0 radical (unpaired) electrons. The molecule has 16 heavy (non-hydrogen) atoms. The zero-order valence-electron chi connectivity index (χ0n) is 7.24. The van der Waals surface area contributed by atoms with Gasteiger partial charge in [0.25, 0.3) is 5.24 Å². The summed E-state index contributed by atoms with van der Waals surface area (Å²) in [7, 11) is 0. The Kier molecular flexibility index (Phi) is 4.88. The summed E-state index contributed by atoms with van der Waals surface area (Å²) in [5.41, 5.74) is -0.100. The number of halogens is 6. The summed E-state index contributed by atoms with van der Waals surface area (Å²) in [6, 6.07) is 2.71. The van der Waals surface area contributed by atoms with Crippen LogP contribution in [0.15, 0.2) is 12.1 Å². The fourth-order valence-corrected chi connectivity index (χ4v) is 2.04. The highest BCUT2D eigenvalue weighted by atomic mass is 35.6. The maximum absolute atomic E-state index is 11.0. The van der Waals surface area contributed by atoms with Crippen LogP contribution >= 0.6 is 69.6 Å². The van der Waals surface area contributed by atoms with Crippen LogP contribution in [0.4, 0.5) is 0 Å². The molecule has 0 fully saturated rings. The van der Waals surface area contributed by atoms with Gasteiger partial charge in [-0.25, -0.2) is 0 Å². The van der Waals surface area contributed by atoms with Gasteiger partial charge in [-0.1, -0.05) is 23.2 Å². The zero-order chi connectivity index (χ0) is 12.5. The van der Waals surface area contributed by atoms with Gasteiger partial charge in [-0.2, -0.15) is 0 Å². The highest BCUT2D eigenvalue weighted by molar-refractivity contribution is 6.70. The number of hydrogen-bond donors (Lipinski definition) is 0.